The van der Waals surface area contributed by atoms with Crippen molar-refractivity contribution in [2.24, 2.45) is 0 Å². The van der Waals surface area contributed by atoms with Gasteiger partial charge in [0, 0.05) is 17.1 Å². The molecule has 1 aromatic carbocycles. The van der Waals surface area contributed by atoms with E-state index in [2.05, 4.69) is 0 Å². The summed E-state index contributed by atoms with van der Waals surface area (Å²) in [6.45, 7) is 3.90. The molecule has 0 saturated heterocycles. The van der Waals surface area contributed by atoms with E-state index in [1.54, 1.807) is 18.2 Å². The Balaban J connectivity index is 2.02. The Bertz CT molecular complexity index is 778. The van der Waals surface area contributed by atoms with E-state index in [1.165, 1.54) is 16.2 Å². The number of esters is 1. The summed E-state index contributed by atoms with van der Waals surface area (Å²) in [4.78, 5) is 27.7. The van der Waals surface area contributed by atoms with Crippen LogP contribution in [-0.4, -0.2) is 25.0 Å². The molecule has 0 fully saturated rings. The third-order valence-electron chi connectivity index (χ3n) is 3.69. The highest BCUT2D eigenvalue weighted by Crippen LogP contribution is 2.23. The summed E-state index contributed by atoms with van der Waals surface area (Å²) in [5.74, 6) is -0.840. The van der Waals surface area contributed by atoms with Crippen LogP contribution < -0.4 is 4.90 Å². The van der Waals surface area contributed by atoms with Gasteiger partial charge >= 0.3 is 5.97 Å². The molecular weight excluding hydrogens is 336 g/mol. The highest BCUT2D eigenvalue weighted by molar-refractivity contribution is 7.14. The maximum absolute atomic E-state index is 12.5. The molecule has 2 aromatic rings. The van der Waals surface area contributed by atoms with Crippen molar-refractivity contribution in [3.8, 4) is 6.07 Å². The van der Waals surface area contributed by atoms with E-state index >= 15 is 0 Å². The molecule has 0 atom stereocenters. The number of nitrogens with zero attached hydrogens (tertiary/aromatic N) is 2. The maximum Gasteiger partial charge on any atom is 0.348 e. The number of rotatable bonds is 7. The average molecular weight is 356 g/mol. The van der Waals surface area contributed by atoms with Gasteiger partial charge in [-0.15, -0.1) is 11.3 Å². The Morgan fingerprint density at radius 3 is 2.60 bits per heavy atom. The molecule has 5 nitrogen and oxygen atoms in total. The summed E-state index contributed by atoms with van der Waals surface area (Å²) in [5, 5.41) is 8.79. The van der Waals surface area contributed by atoms with Crippen LogP contribution in [0, 0.1) is 18.3 Å². The van der Waals surface area contributed by atoms with Crippen molar-refractivity contribution in [3.63, 3.8) is 0 Å². The molecule has 0 aliphatic rings. The quantitative estimate of drug-likeness (QED) is 0.709. The number of anilines is 1. The van der Waals surface area contributed by atoms with Crippen LogP contribution in [0.15, 0.2) is 36.4 Å². The molecule has 0 saturated carbocycles. The molecule has 0 radical (unpaired) electrons. The zero-order valence-corrected chi connectivity index (χ0v) is 15.1. The van der Waals surface area contributed by atoms with Crippen LogP contribution in [0.5, 0.6) is 0 Å². The van der Waals surface area contributed by atoms with Crippen molar-refractivity contribution in [2.45, 2.75) is 26.7 Å². The average Bonchev–Trinajstić information content (AvgIpc) is 3.02. The number of carbonyl (C=O) groups excluding carboxylic acids is 2. The summed E-state index contributed by atoms with van der Waals surface area (Å²) in [5.41, 5.74) is 1.74. The molecular formula is C19H20N2O3S. The van der Waals surface area contributed by atoms with Crippen LogP contribution in [0.3, 0.4) is 0 Å². The van der Waals surface area contributed by atoms with E-state index in [1.807, 2.05) is 38.1 Å². The minimum Gasteiger partial charge on any atom is -0.451 e. The first-order valence-electron chi connectivity index (χ1n) is 8.05. The Morgan fingerprint density at radius 2 is 2.00 bits per heavy atom. The van der Waals surface area contributed by atoms with Crippen LogP contribution in [-0.2, 0) is 16.0 Å². The summed E-state index contributed by atoms with van der Waals surface area (Å²) < 4.78 is 5.18. The zero-order chi connectivity index (χ0) is 18.2. The topological polar surface area (TPSA) is 70.4 Å². The van der Waals surface area contributed by atoms with Crippen LogP contribution in [0.1, 0.15) is 33.5 Å². The first-order valence-corrected chi connectivity index (χ1v) is 8.87. The molecule has 0 aliphatic heterocycles. The Kier molecular flexibility index (Phi) is 6.72. The predicted molar refractivity (Wildman–Crippen MR) is 97.7 cm³/mol. The number of hydrogen-bond donors (Lipinski definition) is 0. The van der Waals surface area contributed by atoms with Gasteiger partial charge in [0.2, 0.25) is 0 Å². The van der Waals surface area contributed by atoms with Crippen LogP contribution in [0.2, 0.25) is 0 Å². The van der Waals surface area contributed by atoms with Gasteiger partial charge in [0.1, 0.15) is 4.88 Å². The van der Waals surface area contributed by atoms with Gasteiger partial charge in [-0.3, -0.25) is 4.79 Å². The number of thiophene rings is 1. The number of benzene rings is 1. The molecule has 0 spiro atoms. The standard InChI is InChI=1S/C19H20N2O3S/c1-3-16-14(2)12-17(25-16)19(23)24-13-18(22)21(11-7-10-20)15-8-5-4-6-9-15/h4-6,8-9,12H,3,7,11,13H2,1-2H3. The van der Waals surface area contributed by atoms with Gasteiger partial charge in [-0.2, -0.15) is 5.26 Å². The molecule has 25 heavy (non-hydrogen) atoms. The fourth-order valence-electron chi connectivity index (χ4n) is 2.42. The Labute approximate surface area is 151 Å². The van der Waals surface area contributed by atoms with Crippen molar-refractivity contribution in [1.82, 2.24) is 0 Å². The third-order valence-corrected chi connectivity index (χ3v) is 5.05. The lowest BCUT2D eigenvalue weighted by Gasteiger charge is -2.21. The number of aryl methyl sites for hydroxylation is 2. The Morgan fingerprint density at radius 1 is 1.28 bits per heavy atom. The molecule has 6 heteroatoms. The number of nitriles is 1. The van der Waals surface area contributed by atoms with Gasteiger partial charge in [0.15, 0.2) is 6.61 Å². The second kappa shape index (κ2) is 9.00. The molecule has 130 valence electrons. The van der Waals surface area contributed by atoms with Crippen molar-refractivity contribution in [3.05, 3.63) is 51.7 Å². The third kappa shape index (κ3) is 4.91. The monoisotopic (exact) mass is 356 g/mol. The first kappa shape index (κ1) is 18.7. The normalized spacial score (nSPS) is 10.1. The van der Waals surface area contributed by atoms with Crippen molar-refractivity contribution >= 4 is 28.9 Å². The maximum atomic E-state index is 12.5. The van der Waals surface area contributed by atoms with Crippen LogP contribution in [0.4, 0.5) is 5.69 Å². The van der Waals surface area contributed by atoms with Crippen molar-refractivity contribution < 1.29 is 14.3 Å². The molecule has 1 heterocycles. The van der Waals surface area contributed by atoms with Gasteiger partial charge in [-0.05, 0) is 37.1 Å². The number of ether oxygens (including phenoxy) is 1. The summed E-state index contributed by atoms with van der Waals surface area (Å²) in [7, 11) is 0. The van der Waals surface area contributed by atoms with Crippen molar-refractivity contribution in [1.29, 1.82) is 5.26 Å². The smallest absolute Gasteiger partial charge is 0.348 e. The van der Waals surface area contributed by atoms with E-state index < -0.39 is 5.97 Å². The summed E-state index contributed by atoms with van der Waals surface area (Å²) in [6.07, 6.45) is 1.07. The highest BCUT2D eigenvalue weighted by atomic mass is 32.1. The van der Waals surface area contributed by atoms with E-state index in [4.69, 9.17) is 10.00 Å². The second-order valence-corrected chi connectivity index (χ2v) is 6.57. The van der Waals surface area contributed by atoms with Crippen molar-refractivity contribution in [2.75, 3.05) is 18.1 Å². The summed E-state index contributed by atoms with van der Waals surface area (Å²) in [6, 6.07) is 12.9. The lowest BCUT2D eigenvalue weighted by atomic mass is 10.2. The van der Waals surface area contributed by atoms with Crippen LogP contribution in [0.25, 0.3) is 0 Å². The van der Waals surface area contributed by atoms with E-state index in [-0.39, 0.29) is 25.5 Å². The van der Waals surface area contributed by atoms with Gasteiger partial charge < -0.3 is 9.64 Å². The van der Waals surface area contributed by atoms with Gasteiger partial charge in [-0.25, -0.2) is 4.79 Å². The minimum absolute atomic E-state index is 0.207. The molecule has 0 bridgehead atoms. The number of hydrogen-bond acceptors (Lipinski definition) is 5. The highest BCUT2D eigenvalue weighted by Gasteiger charge is 2.19. The van der Waals surface area contributed by atoms with Crippen LogP contribution >= 0.6 is 11.3 Å². The molecule has 1 aromatic heterocycles. The SMILES string of the molecule is CCc1sc(C(=O)OCC(=O)N(CCC#N)c2ccccc2)cc1C. The lowest BCUT2D eigenvalue weighted by Crippen LogP contribution is -2.35. The lowest BCUT2D eigenvalue weighted by molar-refractivity contribution is -0.121. The van der Waals surface area contributed by atoms with Gasteiger partial charge in [-0.1, -0.05) is 25.1 Å². The number of para-hydroxylation sites is 1. The summed E-state index contributed by atoms with van der Waals surface area (Å²) >= 11 is 1.40. The van der Waals surface area contributed by atoms with Gasteiger partial charge in [0.25, 0.3) is 5.91 Å². The fourth-order valence-corrected chi connectivity index (χ4v) is 3.42. The minimum atomic E-state index is -0.491. The molecule has 2 rings (SSSR count). The van der Waals surface area contributed by atoms with E-state index in [9.17, 15) is 9.59 Å². The van der Waals surface area contributed by atoms with Gasteiger partial charge in [0.05, 0.1) is 12.5 Å². The fraction of sp³-hybridized carbons (Fsp3) is 0.316. The first-order chi connectivity index (χ1) is 12.1. The number of carbonyl (C=O) groups is 2. The molecule has 1 amide bonds. The molecule has 0 aliphatic carbocycles. The molecule has 0 N–H and O–H groups in total. The predicted octanol–water partition coefficient (Wildman–Crippen LogP) is 3.72. The Hall–Kier alpha value is -2.65. The number of amides is 1. The second-order valence-electron chi connectivity index (χ2n) is 5.44. The van der Waals surface area contributed by atoms with E-state index in [0.717, 1.165) is 16.9 Å². The molecule has 0 unspecified atom stereocenters. The zero-order valence-electron chi connectivity index (χ0n) is 14.3. The largest absolute Gasteiger partial charge is 0.451 e. The van der Waals surface area contributed by atoms with E-state index in [0.29, 0.717) is 10.6 Å².